The second kappa shape index (κ2) is 7.04. The molecule has 0 amide bonds. The van der Waals surface area contributed by atoms with Crippen molar-refractivity contribution in [3.05, 3.63) is 35.9 Å². The molecule has 0 spiro atoms. The minimum absolute atomic E-state index is 0.935. The van der Waals surface area contributed by atoms with Gasteiger partial charge in [-0.25, -0.2) is 0 Å². The largest absolute Gasteiger partial charge is 0.350 e. The number of guanidine groups is 1. The molecule has 100 valence electrons. The highest BCUT2D eigenvalue weighted by Crippen LogP contribution is 2.05. The Balaban J connectivity index is 2.85. The number of nitrogens with zero attached hydrogens (tertiary/aromatic N) is 3. The van der Waals surface area contributed by atoms with Crippen LogP contribution in [0.2, 0.25) is 0 Å². The fraction of sp³-hybridized carbons (Fsp3) is 0.533. The molecule has 0 unspecified atom stereocenters. The van der Waals surface area contributed by atoms with Crippen LogP contribution in [0.25, 0.3) is 0 Å². The average molecular weight is 248 g/mol. The summed E-state index contributed by atoms with van der Waals surface area (Å²) in [5.41, 5.74) is 1.34. The lowest BCUT2D eigenvalue weighted by Gasteiger charge is -2.25. The summed E-state index contributed by atoms with van der Waals surface area (Å²) in [6.07, 6.45) is 0. The van der Waals surface area contributed by atoms with Crippen LogP contribution < -0.4 is 0 Å². The van der Waals surface area contributed by atoms with Crippen molar-refractivity contribution in [2.45, 2.75) is 20.4 Å². The maximum absolute atomic E-state index is 2.38. The lowest BCUT2D eigenvalue weighted by Crippen LogP contribution is -2.46. The summed E-state index contributed by atoms with van der Waals surface area (Å²) in [4.78, 5) is 4.69. The summed E-state index contributed by atoms with van der Waals surface area (Å²) in [6.45, 7) is 7.39. The van der Waals surface area contributed by atoms with Crippen molar-refractivity contribution < 1.29 is 4.58 Å². The minimum atomic E-state index is 0.935. The van der Waals surface area contributed by atoms with Gasteiger partial charge in [0.2, 0.25) is 0 Å². The molecule has 3 heteroatoms. The van der Waals surface area contributed by atoms with E-state index < -0.39 is 0 Å². The second-order valence-corrected chi connectivity index (χ2v) is 4.71. The zero-order valence-corrected chi connectivity index (χ0v) is 12.3. The van der Waals surface area contributed by atoms with Gasteiger partial charge in [-0.05, 0) is 19.4 Å². The summed E-state index contributed by atoms with van der Waals surface area (Å²) >= 11 is 0. The molecule has 0 aliphatic carbocycles. The van der Waals surface area contributed by atoms with Gasteiger partial charge in [-0.1, -0.05) is 30.3 Å². The van der Waals surface area contributed by atoms with Crippen LogP contribution in [0.1, 0.15) is 19.4 Å². The minimum Gasteiger partial charge on any atom is -0.270 e. The predicted molar refractivity (Wildman–Crippen MR) is 77.9 cm³/mol. The first-order chi connectivity index (χ1) is 8.60. The third kappa shape index (κ3) is 3.76. The number of benzene rings is 1. The van der Waals surface area contributed by atoms with Crippen molar-refractivity contribution in [2.75, 3.05) is 34.2 Å². The Morgan fingerprint density at radius 3 is 2.06 bits per heavy atom. The van der Waals surface area contributed by atoms with Crippen LogP contribution in [0, 0.1) is 0 Å². The lowest BCUT2D eigenvalue weighted by atomic mass is 10.2. The standard InChI is InChI=1S/C15H26N3/c1-6-18(7-2)15(16(3)4)17(5)13-14-11-9-8-10-12-14/h8-12H,6-7,13H2,1-5H3/q+1. The lowest BCUT2D eigenvalue weighted by molar-refractivity contribution is -0.476. The quantitative estimate of drug-likeness (QED) is 0.458. The Hall–Kier alpha value is -1.51. The Morgan fingerprint density at radius 1 is 1.06 bits per heavy atom. The van der Waals surface area contributed by atoms with E-state index in [1.54, 1.807) is 0 Å². The highest BCUT2D eigenvalue weighted by atomic mass is 15.4. The van der Waals surface area contributed by atoms with Gasteiger partial charge in [0, 0.05) is 0 Å². The molecule has 1 rings (SSSR count). The molecular formula is C15H26N3+. The van der Waals surface area contributed by atoms with E-state index in [2.05, 4.69) is 79.7 Å². The van der Waals surface area contributed by atoms with Crippen LogP contribution in [0.15, 0.2) is 30.3 Å². The van der Waals surface area contributed by atoms with Crippen molar-refractivity contribution in [3.63, 3.8) is 0 Å². The van der Waals surface area contributed by atoms with Crippen LogP contribution in [0.3, 0.4) is 0 Å². The number of rotatable bonds is 4. The summed E-state index contributed by atoms with van der Waals surface area (Å²) in [7, 11) is 6.37. The highest BCUT2D eigenvalue weighted by Gasteiger charge is 2.21. The van der Waals surface area contributed by atoms with E-state index >= 15 is 0 Å². The van der Waals surface area contributed by atoms with Crippen molar-refractivity contribution >= 4 is 5.96 Å². The van der Waals surface area contributed by atoms with Gasteiger partial charge in [0.15, 0.2) is 0 Å². The molecule has 0 aliphatic heterocycles. The van der Waals surface area contributed by atoms with E-state index in [-0.39, 0.29) is 0 Å². The van der Waals surface area contributed by atoms with Gasteiger partial charge in [0.1, 0.15) is 0 Å². The van der Waals surface area contributed by atoms with E-state index in [0.29, 0.717) is 0 Å². The van der Waals surface area contributed by atoms with E-state index in [0.717, 1.165) is 19.6 Å². The zero-order chi connectivity index (χ0) is 13.5. The third-order valence-electron chi connectivity index (χ3n) is 3.05. The smallest absolute Gasteiger partial charge is 0.270 e. The van der Waals surface area contributed by atoms with Crippen LogP contribution >= 0.6 is 0 Å². The Morgan fingerprint density at radius 2 is 1.61 bits per heavy atom. The molecule has 0 radical (unpaired) electrons. The van der Waals surface area contributed by atoms with E-state index in [4.69, 9.17) is 0 Å². The fourth-order valence-electron chi connectivity index (χ4n) is 2.30. The van der Waals surface area contributed by atoms with Gasteiger partial charge in [0.05, 0.1) is 40.8 Å². The molecule has 0 saturated heterocycles. The molecule has 0 fully saturated rings. The normalized spacial score (nSPS) is 10.1. The van der Waals surface area contributed by atoms with Crippen molar-refractivity contribution in [2.24, 2.45) is 0 Å². The first-order valence-corrected chi connectivity index (χ1v) is 6.64. The summed E-state index contributed by atoms with van der Waals surface area (Å²) in [5.74, 6) is 1.27. The van der Waals surface area contributed by atoms with Crippen molar-refractivity contribution in [1.29, 1.82) is 0 Å². The second-order valence-electron chi connectivity index (χ2n) is 4.71. The summed E-state index contributed by atoms with van der Waals surface area (Å²) < 4.78 is 2.19. The Kier molecular flexibility index (Phi) is 5.69. The molecule has 0 aromatic heterocycles. The van der Waals surface area contributed by atoms with Gasteiger partial charge in [-0.15, -0.1) is 0 Å². The van der Waals surface area contributed by atoms with Gasteiger partial charge < -0.3 is 0 Å². The highest BCUT2D eigenvalue weighted by molar-refractivity contribution is 5.74. The molecule has 0 N–H and O–H groups in total. The molecular weight excluding hydrogens is 222 g/mol. The van der Waals surface area contributed by atoms with Gasteiger partial charge >= 0.3 is 5.96 Å². The van der Waals surface area contributed by atoms with Crippen molar-refractivity contribution in [1.82, 2.24) is 9.80 Å². The monoisotopic (exact) mass is 248 g/mol. The molecule has 1 aromatic rings. The van der Waals surface area contributed by atoms with E-state index in [1.165, 1.54) is 11.5 Å². The van der Waals surface area contributed by atoms with Gasteiger partial charge in [0.25, 0.3) is 0 Å². The number of hydrogen-bond donors (Lipinski definition) is 0. The van der Waals surface area contributed by atoms with E-state index in [9.17, 15) is 0 Å². The SMILES string of the molecule is CCN(CC)C(N(C)Cc1ccccc1)=[N+](C)C. The van der Waals surface area contributed by atoms with Crippen LogP contribution in [-0.4, -0.2) is 54.6 Å². The van der Waals surface area contributed by atoms with Crippen LogP contribution in [0.4, 0.5) is 0 Å². The Bertz CT molecular complexity index is 376. The van der Waals surface area contributed by atoms with Gasteiger partial charge in [-0.2, -0.15) is 0 Å². The van der Waals surface area contributed by atoms with Gasteiger partial charge in [-0.3, -0.25) is 14.4 Å². The van der Waals surface area contributed by atoms with E-state index in [1.807, 2.05) is 0 Å². The molecule has 0 heterocycles. The Labute approximate surface area is 111 Å². The molecule has 0 atom stereocenters. The van der Waals surface area contributed by atoms with Crippen molar-refractivity contribution in [3.8, 4) is 0 Å². The summed E-state index contributed by atoms with van der Waals surface area (Å²) in [5, 5.41) is 0. The molecule has 3 nitrogen and oxygen atoms in total. The maximum atomic E-state index is 2.38. The van der Waals surface area contributed by atoms with Crippen LogP contribution in [0.5, 0.6) is 0 Å². The molecule has 18 heavy (non-hydrogen) atoms. The average Bonchev–Trinajstić information content (AvgIpc) is 2.36. The topological polar surface area (TPSA) is 9.49 Å². The molecule has 0 bridgehead atoms. The third-order valence-corrected chi connectivity index (χ3v) is 3.05. The molecule has 1 aromatic carbocycles. The first-order valence-electron chi connectivity index (χ1n) is 6.64. The number of hydrogen-bond acceptors (Lipinski definition) is 0. The van der Waals surface area contributed by atoms with Crippen LogP contribution in [-0.2, 0) is 6.54 Å². The first kappa shape index (κ1) is 14.6. The zero-order valence-electron chi connectivity index (χ0n) is 12.3. The molecule has 0 aliphatic rings. The maximum Gasteiger partial charge on any atom is 0.350 e. The summed E-state index contributed by atoms with van der Waals surface area (Å²) in [6, 6.07) is 10.6. The predicted octanol–water partition coefficient (Wildman–Crippen LogP) is 2.09. The fourth-order valence-corrected chi connectivity index (χ4v) is 2.30. The molecule has 0 saturated carbocycles.